The average molecular weight is 326 g/mol. The molecule has 3 rings (SSSR count). The summed E-state index contributed by atoms with van der Waals surface area (Å²) < 4.78 is 0. The number of hydrogen-bond acceptors (Lipinski definition) is 3. The Morgan fingerprint density at radius 1 is 1.18 bits per heavy atom. The molecule has 5 nitrogen and oxygen atoms in total. The smallest absolute Gasteiger partial charge is 0.261 e. The van der Waals surface area contributed by atoms with Gasteiger partial charge in [0.1, 0.15) is 5.56 Å². The number of amides is 1. The van der Waals surface area contributed by atoms with Crippen molar-refractivity contribution in [2.75, 3.05) is 13.1 Å². The van der Waals surface area contributed by atoms with Crippen LogP contribution in [0.2, 0.25) is 0 Å². The third kappa shape index (κ3) is 3.90. The van der Waals surface area contributed by atoms with E-state index in [1.54, 1.807) is 0 Å². The zero-order valence-electron chi connectivity index (χ0n) is 12.7. The van der Waals surface area contributed by atoms with Crippen molar-refractivity contribution in [3.8, 4) is 0 Å². The van der Waals surface area contributed by atoms with Crippen LogP contribution < -0.4 is 16.2 Å². The van der Waals surface area contributed by atoms with Crippen LogP contribution in [-0.2, 0) is 12.8 Å². The number of H-pyrrole nitrogens is 1. The van der Waals surface area contributed by atoms with Gasteiger partial charge in [0.05, 0.1) is 0 Å². The van der Waals surface area contributed by atoms with Crippen molar-refractivity contribution < 1.29 is 4.79 Å². The zero-order chi connectivity index (χ0) is 14.7. The van der Waals surface area contributed by atoms with Gasteiger partial charge in [-0.25, -0.2) is 0 Å². The van der Waals surface area contributed by atoms with E-state index in [9.17, 15) is 9.59 Å². The second-order valence-corrected chi connectivity index (χ2v) is 6.09. The van der Waals surface area contributed by atoms with Crippen LogP contribution in [0.1, 0.15) is 53.7 Å². The number of aromatic amines is 1. The van der Waals surface area contributed by atoms with Gasteiger partial charge in [-0.3, -0.25) is 9.59 Å². The molecule has 1 aromatic heterocycles. The summed E-state index contributed by atoms with van der Waals surface area (Å²) >= 11 is 0. The molecule has 1 aromatic rings. The first-order chi connectivity index (χ1) is 10.2. The molecule has 0 bridgehead atoms. The Morgan fingerprint density at radius 2 is 2.00 bits per heavy atom. The molecule has 0 aromatic carbocycles. The number of aromatic nitrogens is 1. The lowest BCUT2D eigenvalue weighted by atomic mass is 10.0. The Kier molecular flexibility index (Phi) is 6.03. The summed E-state index contributed by atoms with van der Waals surface area (Å²) in [6.45, 7) is 1.79. The fraction of sp³-hybridized carbons (Fsp3) is 0.625. The molecule has 1 atom stereocenters. The predicted octanol–water partition coefficient (Wildman–Crippen LogP) is 1.55. The Balaban J connectivity index is 0.00000176. The highest BCUT2D eigenvalue weighted by Gasteiger charge is 2.20. The van der Waals surface area contributed by atoms with Crippen LogP contribution in [0.5, 0.6) is 0 Å². The van der Waals surface area contributed by atoms with Gasteiger partial charge >= 0.3 is 0 Å². The number of pyridine rings is 1. The molecule has 3 N–H and O–H groups in total. The summed E-state index contributed by atoms with van der Waals surface area (Å²) in [6, 6.07) is 1.94. The van der Waals surface area contributed by atoms with Gasteiger partial charge in [0, 0.05) is 18.3 Å². The van der Waals surface area contributed by atoms with Crippen LogP contribution in [0, 0.1) is 0 Å². The maximum Gasteiger partial charge on any atom is 0.261 e. The lowest BCUT2D eigenvalue weighted by Gasteiger charge is -2.23. The predicted molar refractivity (Wildman–Crippen MR) is 88.9 cm³/mol. The first kappa shape index (κ1) is 17.0. The number of fused-ring (bicyclic) bond motifs is 1. The first-order valence-electron chi connectivity index (χ1n) is 8.00. The van der Waals surface area contributed by atoms with Crippen LogP contribution in [0.3, 0.4) is 0 Å². The minimum absolute atomic E-state index is 0. The second kappa shape index (κ2) is 7.79. The highest BCUT2D eigenvalue weighted by atomic mass is 35.5. The van der Waals surface area contributed by atoms with Crippen molar-refractivity contribution in [3.63, 3.8) is 0 Å². The fourth-order valence-electron chi connectivity index (χ4n) is 3.26. The van der Waals surface area contributed by atoms with Crippen molar-refractivity contribution in [2.24, 2.45) is 0 Å². The highest BCUT2D eigenvalue weighted by Crippen LogP contribution is 2.18. The quantitative estimate of drug-likeness (QED) is 0.722. The molecular weight excluding hydrogens is 302 g/mol. The van der Waals surface area contributed by atoms with E-state index in [1.165, 1.54) is 6.42 Å². The van der Waals surface area contributed by atoms with E-state index >= 15 is 0 Å². The second-order valence-electron chi connectivity index (χ2n) is 6.09. The van der Waals surface area contributed by atoms with Crippen molar-refractivity contribution in [3.05, 3.63) is 33.2 Å². The molecule has 1 saturated heterocycles. The van der Waals surface area contributed by atoms with Gasteiger partial charge in [-0.1, -0.05) is 6.42 Å². The van der Waals surface area contributed by atoms with E-state index in [2.05, 4.69) is 15.6 Å². The topological polar surface area (TPSA) is 74.0 Å². The average Bonchev–Trinajstić information content (AvgIpc) is 2.72. The number of halogens is 1. The number of rotatable bonds is 2. The number of carbonyl (C=O) groups excluding carboxylic acids is 1. The van der Waals surface area contributed by atoms with E-state index in [1.807, 2.05) is 6.07 Å². The van der Waals surface area contributed by atoms with Gasteiger partial charge in [-0.15, -0.1) is 12.4 Å². The molecule has 1 fully saturated rings. The fourth-order valence-corrected chi connectivity index (χ4v) is 3.26. The van der Waals surface area contributed by atoms with E-state index < -0.39 is 0 Å². The van der Waals surface area contributed by atoms with Gasteiger partial charge < -0.3 is 15.6 Å². The van der Waals surface area contributed by atoms with Crippen LogP contribution in [0.4, 0.5) is 0 Å². The molecular formula is C16H24ClN3O2. The Morgan fingerprint density at radius 3 is 2.77 bits per heavy atom. The normalized spacial score (nSPS) is 21.2. The Labute approximate surface area is 136 Å². The SMILES string of the molecule is Cl.O=C(N[C@H]1CCCNC1)c1cc2c([nH]c1=O)CCCCC2. The molecule has 6 heteroatoms. The lowest BCUT2D eigenvalue weighted by molar-refractivity contribution is 0.0929. The summed E-state index contributed by atoms with van der Waals surface area (Å²) in [5.41, 5.74) is 2.17. The number of carbonyl (C=O) groups is 1. The van der Waals surface area contributed by atoms with Crippen LogP contribution in [0.25, 0.3) is 0 Å². The third-order valence-corrected chi connectivity index (χ3v) is 4.46. The molecule has 2 aliphatic rings. The molecule has 1 aliphatic heterocycles. The van der Waals surface area contributed by atoms with E-state index in [-0.39, 0.29) is 35.5 Å². The van der Waals surface area contributed by atoms with Crippen molar-refractivity contribution in [1.82, 2.24) is 15.6 Å². The summed E-state index contributed by atoms with van der Waals surface area (Å²) in [7, 11) is 0. The molecule has 122 valence electrons. The number of aryl methyl sites for hydroxylation is 2. The molecule has 0 saturated carbocycles. The maximum atomic E-state index is 12.3. The molecule has 0 unspecified atom stereocenters. The van der Waals surface area contributed by atoms with Crippen molar-refractivity contribution in [1.29, 1.82) is 0 Å². The molecule has 0 spiro atoms. The Bertz CT molecular complexity index is 579. The summed E-state index contributed by atoms with van der Waals surface area (Å²) in [4.78, 5) is 27.4. The molecule has 2 heterocycles. The van der Waals surface area contributed by atoms with Crippen molar-refractivity contribution >= 4 is 18.3 Å². The highest BCUT2D eigenvalue weighted by molar-refractivity contribution is 5.94. The number of piperidine rings is 1. The molecule has 0 radical (unpaired) electrons. The summed E-state index contributed by atoms with van der Waals surface area (Å²) in [6.07, 6.45) is 7.34. The lowest BCUT2D eigenvalue weighted by Crippen LogP contribution is -2.46. The van der Waals surface area contributed by atoms with E-state index in [0.717, 1.165) is 62.9 Å². The third-order valence-electron chi connectivity index (χ3n) is 4.46. The summed E-state index contributed by atoms with van der Waals surface area (Å²) in [5.74, 6) is -0.239. The maximum absolute atomic E-state index is 12.3. The van der Waals surface area contributed by atoms with Gasteiger partial charge in [-0.2, -0.15) is 0 Å². The molecule has 22 heavy (non-hydrogen) atoms. The Hall–Kier alpha value is -1.33. The van der Waals surface area contributed by atoms with Crippen LogP contribution in [-0.4, -0.2) is 30.0 Å². The van der Waals surface area contributed by atoms with Crippen LogP contribution in [0.15, 0.2) is 10.9 Å². The van der Waals surface area contributed by atoms with Gasteiger partial charge in [0.15, 0.2) is 0 Å². The largest absolute Gasteiger partial charge is 0.348 e. The summed E-state index contributed by atoms with van der Waals surface area (Å²) in [5, 5.41) is 6.24. The minimum atomic E-state index is -0.253. The zero-order valence-corrected chi connectivity index (χ0v) is 13.6. The molecule has 1 amide bonds. The van der Waals surface area contributed by atoms with Crippen LogP contribution >= 0.6 is 12.4 Å². The van der Waals surface area contributed by atoms with Crippen molar-refractivity contribution in [2.45, 2.75) is 51.0 Å². The minimum Gasteiger partial charge on any atom is -0.348 e. The van der Waals surface area contributed by atoms with E-state index in [4.69, 9.17) is 0 Å². The number of hydrogen-bond donors (Lipinski definition) is 3. The standard InChI is InChI=1S/C16H23N3O2.ClH/c20-15(18-12-6-4-8-17-10-12)13-9-11-5-2-1-3-7-14(11)19-16(13)21;/h9,12,17H,1-8,10H2,(H,18,20)(H,19,21);1H/t12-;/m0./s1. The van der Waals surface area contributed by atoms with E-state index in [0.29, 0.717) is 0 Å². The van der Waals surface area contributed by atoms with Gasteiger partial charge in [-0.05, 0) is 56.7 Å². The monoisotopic (exact) mass is 325 g/mol. The van der Waals surface area contributed by atoms with Gasteiger partial charge in [0.2, 0.25) is 0 Å². The number of nitrogens with one attached hydrogen (secondary N) is 3. The molecule has 1 aliphatic carbocycles. The van der Waals surface area contributed by atoms with Gasteiger partial charge in [0.25, 0.3) is 11.5 Å². The first-order valence-corrected chi connectivity index (χ1v) is 8.00.